The Bertz CT molecular complexity index is 1010. The Morgan fingerprint density at radius 1 is 1.20 bits per heavy atom. The van der Waals surface area contributed by atoms with Crippen LogP contribution in [0.4, 0.5) is 5.69 Å². The molecule has 2 N–H and O–H groups in total. The molecule has 7 heteroatoms. The first-order chi connectivity index (χ1) is 14.3. The van der Waals surface area contributed by atoms with Gasteiger partial charge in [-0.1, -0.05) is 6.07 Å². The average molecular weight is 400 g/mol. The van der Waals surface area contributed by atoms with E-state index in [0.717, 1.165) is 50.2 Å². The van der Waals surface area contributed by atoms with Gasteiger partial charge in [-0.05, 0) is 50.5 Å². The van der Waals surface area contributed by atoms with Gasteiger partial charge in [0.15, 0.2) is 0 Å². The van der Waals surface area contributed by atoms with Gasteiger partial charge in [-0.25, -0.2) is 0 Å². The average Bonchev–Trinajstić information content (AvgIpc) is 3.30. The van der Waals surface area contributed by atoms with E-state index in [1.807, 2.05) is 18.2 Å². The molecular formula is C23H29BN6. The number of anilines is 1. The lowest BCUT2D eigenvalue weighted by atomic mass is 9.99. The summed E-state index contributed by atoms with van der Waals surface area (Å²) in [5.41, 5.74) is 9.23. The number of hydrogen-bond acceptors (Lipinski definition) is 6. The van der Waals surface area contributed by atoms with E-state index in [1.54, 1.807) is 0 Å². The lowest BCUT2D eigenvalue weighted by Gasteiger charge is -2.43. The van der Waals surface area contributed by atoms with Crippen molar-refractivity contribution < 1.29 is 0 Å². The van der Waals surface area contributed by atoms with Crippen molar-refractivity contribution in [2.45, 2.75) is 50.4 Å². The summed E-state index contributed by atoms with van der Waals surface area (Å²) in [4.78, 5) is 12.2. The Balaban J connectivity index is 1.41. The van der Waals surface area contributed by atoms with Crippen LogP contribution in [0.15, 0.2) is 24.3 Å². The van der Waals surface area contributed by atoms with Gasteiger partial charge in [0, 0.05) is 67.5 Å². The third kappa shape index (κ3) is 3.37. The molecular weight excluding hydrogens is 371 g/mol. The molecule has 0 spiro atoms. The molecule has 4 unspecified atom stereocenters. The number of likely N-dealkylation sites (tertiary alicyclic amines) is 1. The molecule has 3 aliphatic heterocycles. The summed E-state index contributed by atoms with van der Waals surface area (Å²) >= 11 is 0. The van der Waals surface area contributed by atoms with E-state index in [4.69, 9.17) is 13.6 Å². The summed E-state index contributed by atoms with van der Waals surface area (Å²) in [5.74, 6) is 0. The monoisotopic (exact) mass is 400 g/mol. The zero-order valence-electron chi connectivity index (χ0n) is 17.9. The van der Waals surface area contributed by atoms with Gasteiger partial charge >= 0.3 is 0 Å². The number of nitriles is 1. The molecule has 4 heterocycles. The fourth-order valence-electron chi connectivity index (χ4n) is 5.77. The number of nitrogens with zero attached hydrogens (tertiary/aromatic N) is 5. The second-order valence-corrected chi connectivity index (χ2v) is 9.74. The number of fused-ring (bicyclic) bond motifs is 2. The Kier molecular flexibility index (Phi) is 4.77. The van der Waals surface area contributed by atoms with Gasteiger partial charge in [0.05, 0.1) is 11.1 Å². The molecule has 3 aliphatic rings. The first-order valence-electron chi connectivity index (χ1n) is 11.0. The number of piperazine rings is 1. The molecule has 4 atom stereocenters. The van der Waals surface area contributed by atoms with E-state index >= 15 is 0 Å². The third-order valence-electron chi connectivity index (χ3n) is 7.28. The summed E-state index contributed by atoms with van der Waals surface area (Å²) < 4.78 is 0. The van der Waals surface area contributed by atoms with Crippen molar-refractivity contribution >= 4 is 30.0 Å². The smallest absolute Gasteiger partial charge is 0.141 e. The van der Waals surface area contributed by atoms with Crippen LogP contribution in [-0.4, -0.2) is 79.0 Å². The molecule has 3 fully saturated rings. The Labute approximate surface area is 180 Å². The second-order valence-electron chi connectivity index (χ2n) is 9.74. The van der Waals surface area contributed by atoms with Gasteiger partial charge in [0.1, 0.15) is 13.9 Å². The Morgan fingerprint density at radius 2 is 2.03 bits per heavy atom. The van der Waals surface area contributed by atoms with Crippen molar-refractivity contribution in [1.29, 1.82) is 5.26 Å². The maximum absolute atomic E-state index is 9.50. The number of benzene rings is 1. The maximum Gasteiger partial charge on any atom is 0.141 e. The topological polar surface area (TPSA) is 72.4 Å². The fraction of sp³-hybridized carbons (Fsp3) is 0.565. The van der Waals surface area contributed by atoms with E-state index < -0.39 is 0 Å². The van der Waals surface area contributed by atoms with Crippen molar-refractivity contribution in [2.24, 2.45) is 5.73 Å². The second kappa shape index (κ2) is 7.23. The molecule has 0 saturated carbocycles. The maximum atomic E-state index is 9.50. The number of rotatable bonds is 2. The molecule has 0 aliphatic carbocycles. The van der Waals surface area contributed by atoms with Crippen molar-refractivity contribution in [1.82, 2.24) is 14.8 Å². The SMILES string of the molecule is [B]c1ccc2c(N3CC(C)N4CC(N5CCC(C)(N)C5)CC4C3)ccc(C#N)c2n1. The fourth-order valence-corrected chi connectivity index (χ4v) is 5.77. The van der Waals surface area contributed by atoms with Crippen LogP contribution in [0, 0.1) is 11.3 Å². The molecule has 1 aromatic carbocycles. The van der Waals surface area contributed by atoms with Crippen molar-refractivity contribution in [3.63, 3.8) is 0 Å². The van der Waals surface area contributed by atoms with Crippen molar-refractivity contribution in [3.05, 3.63) is 29.8 Å². The van der Waals surface area contributed by atoms with Gasteiger partial charge in [0.25, 0.3) is 0 Å². The van der Waals surface area contributed by atoms with E-state index in [1.165, 1.54) is 6.42 Å². The lowest BCUT2D eigenvalue weighted by molar-refractivity contribution is 0.156. The summed E-state index contributed by atoms with van der Waals surface area (Å²) in [5, 5.41) is 10.5. The van der Waals surface area contributed by atoms with Crippen LogP contribution in [-0.2, 0) is 0 Å². The molecule has 5 rings (SSSR count). The Hall–Kier alpha value is -2.14. The summed E-state index contributed by atoms with van der Waals surface area (Å²) in [7, 11) is 5.91. The summed E-state index contributed by atoms with van der Waals surface area (Å²) in [6.07, 6.45) is 2.28. The molecule has 0 bridgehead atoms. The Morgan fingerprint density at radius 3 is 2.77 bits per heavy atom. The molecule has 3 saturated heterocycles. The minimum atomic E-state index is -0.0446. The molecule has 2 radical (unpaired) electrons. The normalized spacial score (nSPS) is 32.5. The number of hydrogen-bond donors (Lipinski definition) is 1. The van der Waals surface area contributed by atoms with Crippen LogP contribution in [0.3, 0.4) is 0 Å². The zero-order chi connectivity index (χ0) is 21.0. The van der Waals surface area contributed by atoms with E-state index in [-0.39, 0.29) is 5.54 Å². The van der Waals surface area contributed by atoms with Crippen LogP contribution in [0.2, 0.25) is 0 Å². The quantitative estimate of drug-likeness (QED) is 0.758. The van der Waals surface area contributed by atoms with Crippen molar-refractivity contribution in [2.75, 3.05) is 37.6 Å². The largest absolute Gasteiger partial charge is 0.368 e. The highest BCUT2D eigenvalue weighted by Crippen LogP contribution is 2.35. The van der Waals surface area contributed by atoms with Gasteiger partial charge in [0.2, 0.25) is 0 Å². The predicted molar refractivity (Wildman–Crippen MR) is 121 cm³/mol. The predicted octanol–water partition coefficient (Wildman–Crippen LogP) is 0.975. The molecule has 0 amide bonds. The van der Waals surface area contributed by atoms with Crippen LogP contribution < -0.4 is 16.2 Å². The number of pyridine rings is 1. The van der Waals surface area contributed by atoms with E-state index in [2.05, 4.69) is 45.7 Å². The van der Waals surface area contributed by atoms with Gasteiger partial charge in [-0.2, -0.15) is 5.26 Å². The van der Waals surface area contributed by atoms with Crippen LogP contribution in [0.1, 0.15) is 32.3 Å². The van der Waals surface area contributed by atoms with E-state index in [0.29, 0.717) is 34.8 Å². The summed E-state index contributed by atoms with van der Waals surface area (Å²) in [6.45, 7) is 9.75. The zero-order valence-corrected chi connectivity index (χ0v) is 17.9. The van der Waals surface area contributed by atoms with Crippen LogP contribution in [0.5, 0.6) is 0 Å². The molecule has 2 aromatic rings. The number of nitrogens with two attached hydrogens (primary N) is 1. The highest BCUT2D eigenvalue weighted by atomic mass is 15.4. The summed E-state index contributed by atoms with van der Waals surface area (Å²) in [6, 6.07) is 11.7. The van der Waals surface area contributed by atoms with Gasteiger partial charge in [-0.3, -0.25) is 14.8 Å². The van der Waals surface area contributed by atoms with Crippen molar-refractivity contribution in [3.8, 4) is 6.07 Å². The minimum Gasteiger partial charge on any atom is -0.368 e. The number of aromatic nitrogens is 1. The molecule has 30 heavy (non-hydrogen) atoms. The molecule has 154 valence electrons. The highest BCUT2D eigenvalue weighted by molar-refractivity contribution is 6.31. The van der Waals surface area contributed by atoms with E-state index in [9.17, 15) is 5.26 Å². The van der Waals surface area contributed by atoms with Gasteiger partial charge in [-0.15, -0.1) is 0 Å². The lowest BCUT2D eigenvalue weighted by Crippen LogP contribution is -2.55. The first kappa shape index (κ1) is 19.8. The standard InChI is InChI=1S/C23H29BN6/c1-15-11-29(20-5-3-16(10-25)22-19(20)4-6-21(24)27-22)12-18-9-17(13-30(15)18)28-8-7-23(2,26)14-28/h3-6,15,17-18H,7-9,11-14,26H2,1-2H3. The first-order valence-corrected chi connectivity index (χ1v) is 11.0. The highest BCUT2D eigenvalue weighted by Gasteiger charge is 2.44. The van der Waals surface area contributed by atoms with Crippen LogP contribution in [0.25, 0.3) is 10.9 Å². The van der Waals surface area contributed by atoms with Crippen LogP contribution >= 0.6 is 0 Å². The minimum absolute atomic E-state index is 0.0446. The molecule has 6 nitrogen and oxygen atoms in total. The third-order valence-corrected chi connectivity index (χ3v) is 7.28. The molecule has 1 aromatic heterocycles. The van der Waals surface area contributed by atoms with Gasteiger partial charge < -0.3 is 10.6 Å².